The highest BCUT2D eigenvalue weighted by Gasteiger charge is 2.32. The summed E-state index contributed by atoms with van der Waals surface area (Å²) in [6.45, 7) is 1.99. The molecule has 1 saturated carbocycles. The summed E-state index contributed by atoms with van der Waals surface area (Å²) < 4.78 is 13.7. The minimum Gasteiger partial charge on any atom is -0.481 e. The number of carboxylic acid groups (broad SMARTS) is 1. The molecule has 1 aliphatic carbocycles. The number of fused-ring (bicyclic) bond motifs is 1. The normalized spacial score (nSPS) is 16.5. The fourth-order valence-electron chi connectivity index (χ4n) is 4.69. The van der Waals surface area contributed by atoms with E-state index in [1.165, 1.54) is 12.1 Å². The number of halogens is 1. The molecule has 1 aliphatic rings. The molecule has 0 radical (unpaired) electrons. The maximum absolute atomic E-state index is 13.7. The minimum absolute atomic E-state index is 0.0104. The largest absolute Gasteiger partial charge is 0.481 e. The molecule has 33 heavy (non-hydrogen) atoms. The zero-order valence-corrected chi connectivity index (χ0v) is 18.7. The number of rotatable bonds is 10. The Morgan fingerprint density at radius 3 is 2.45 bits per heavy atom. The molecule has 0 bridgehead atoms. The zero-order valence-electron chi connectivity index (χ0n) is 18.7. The maximum atomic E-state index is 13.7. The molecule has 3 aromatic rings. The average Bonchev–Trinajstić information content (AvgIpc) is 3.62. The summed E-state index contributed by atoms with van der Waals surface area (Å²) >= 11 is 0. The monoisotopic (exact) mass is 451 g/mol. The first-order valence-corrected chi connectivity index (χ1v) is 11.6. The summed E-state index contributed by atoms with van der Waals surface area (Å²) in [5.74, 6) is -1.18. The number of aliphatic carboxylic acids is 1. The van der Waals surface area contributed by atoms with Gasteiger partial charge in [0.1, 0.15) is 5.82 Å². The first-order chi connectivity index (χ1) is 15.9. The van der Waals surface area contributed by atoms with Gasteiger partial charge in [0.2, 0.25) is 0 Å². The molecule has 5 nitrogen and oxygen atoms in total. The fraction of sp³-hybridized carbons (Fsp3) is 0.407. The summed E-state index contributed by atoms with van der Waals surface area (Å²) in [4.78, 5) is 15.9. The molecule has 3 N–H and O–H groups in total. The van der Waals surface area contributed by atoms with Crippen LogP contribution < -0.4 is 0 Å². The van der Waals surface area contributed by atoms with Crippen LogP contribution in [0.5, 0.6) is 0 Å². The maximum Gasteiger partial charge on any atom is 0.305 e. The predicted molar refractivity (Wildman–Crippen MR) is 125 cm³/mol. The molecule has 3 unspecified atom stereocenters. The second kappa shape index (κ2) is 9.98. The van der Waals surface area contributed by atoms with Crippen molar-refractivity contribution in [2.75, 3.05) is 0 Å². The number of carbonyl (C=O) groups is 1. The Morgan fingerprint density at radius 1 is 1.12 bits per heavy atom. The van der Waals surface area contributed by atoms with E-state index in [-0.39, 0.29) is 24.6 Å². The highest BCUT2D eigenvalue weighted by Crippen LogP contribution is 2.46. The number of benzene rings is 2. The third kappa shape index (κ3) is 5.40. The molecule has 1 aromatic heterocycles. The lowest BCUT2D eigenvalue weighted by atomic mass is 9.83. The van der Waals surface area contributed by atoms with Gasteiger partial charge in [-0.3, -0.25) is 9.78 Å². The van der Waals surface area contributed by atoms with Crippen LogP contribution in [-0.2, 0) is 11.2 Å². The summed E-state index contributed by atoms with van der Waals surface area (Å²) in [5, 5.41) is 30.9. The van der Waals surface area contributed by atoms with E-state index < -0.39 is 18.2 Å². The summed E-state index contributed by atoms with van der Waals surface area (Å²) in [6.07, 6.45) is 1.03. The number of carboxylic acids is 1. The molecular formula is C27H30FNO4. The number of aliphatic hydroxyl groups is 2. The van der Waals surface area contributed by atoms with Gasteiger partial charge in [-0.2, -0.15) is 0 Å². The first-order valence-electron chi connectivity index (χ1n) is 11.6. The van der Waals surface area contributed by atoms with Gasteiger partial charge in [0.05, 0.1) is 24.1 Å². The number of nitrogens with zero attached hydrogens (tertiary/aromatic N) is 1. The third-order valence-electron chi connectivity index (χ3n) is 6.58. The van der Waals surface area contributed by atoms with E-state index in [0.717, 1.165) is 46.1 Å². The van der Waals surface area contributed by atoms with Gasteiger partial charge < -0.3 is 15.3 Å². The van der Waals surface area contributed by atoms with Gasteiger partial charge in [-0.05, 0) is 60.1 Å². The highest BCUT2D eigenvalue weighted by molar-refractivity contribution is 5.96. The van der Waals surface area contributed by atoms with Crippen molar-refractivity contribution in [3.63, 3.8) is 0 Å². The minimum atomic E-state index is -1.10. The van der Waals surface area contributed by atoms with E-state index in [1.807, 2.05) is 31.2 Å². The van der Waals surface area contributed by atoms with Crippen molar-refractivity contribution in [2.24, 2.45) is 5.92 Å². The molecule has 174 valence electrons. The number of para-hydroxylation sites is 1. The Bertz CT molecular complexity index is 1130. The van der Waals surface area contributed by atoms with Gasteiger partial charge >= 0.3 is 5.97 Å². The standard InChI is InChI=1S/C27H30FNO4/c1-2-16(24(31)14-20(30)15-25(32)33)13-22-26(17-9-11-19(28)12-10-17)21-5-3-4-6-23(21)29-27(22)18-7-8-18/h3-6,9-12,16,18,20,24,30-31H,2,7-8,13-15H2,1H3,(H,32,33). The lowest BCUT2D eigenvalue weighted by Crippen LogP contribution is -2.28. The van der Waals surface area contributed by atoms with E-state index >= 15 is 0 Å². The lowest BCUT2D eigenvalue weighted by molar-refractivity contribution is -0.139. The number of hydrogen-bond acceptors (Lipinski definition) is 4. The van der Waals surface area contributed by atoms with E-state index in [2.05, 4.69) is 0 Å². The van der Waals surface area contributed by atoms with Gasteiger partial charge in [0.15, 0.2) is 0 Å². The van der Waals surface area contributed by atoms with Crippen LogP contribution in [0.15, 0.2) is 48.5 Å². The van der Waals surface area contributed by atoms with Crippen molar-refractivity contribution in [1.82, 2.24) is 4.98 Å². The van der Waals surface area contributed by atoms with Gasteiger partial charge in [-0.15, -0.1) is 0 Å². The topological polar surface area (TPSA) is 90.7 Å². The van der Waals surface area contributed by atoms with E-state index in [0.29, 0.717) is 18.8 Å². The summed E-state index contributed by atoms with van der Waals surface area (Å²) in [7, 11) is 0. The molecule has 1 heterocycles. The summed E-state index contributed by atoms with van der Waals surface area (Å²) in [5.41, 5.74) is 4.90. The Morgan fingerprint density at radius 2 is 1.82 bits per heavy atom. The van der Waals surface area contributed by atoms with E-state index in [9.17, 15) is 19.4 Å². The van der Waals surface area contributed by atoms with Gasteiger partial charge in [-0.25, -0.2) is 4.39 Å². The molecule has 0 aliphatic heterocycles. The number of aromatic nitrogens is 1. The van der Waals surface area contributed by atoms with E-state index in [4.69, 9.17) is 10.1 Å². The molecule has 3 atom stereocenters. The smallest absolute Gasteiger partial charge is 0.305 e. The van der Waals surface area contributed by atoms with Crippen molar-refractivity contribution < 1.29 is 24.5 Å². The third-order valence-corrected chi connectivity index (χ3v) is 6.58. The molecule has 4 rings (SSSR count). The van der Waals surface area contributed by atoms with Crippen LogP contribution in [0.4, 0.5) is 4.39 Å². The van der Waals surface area contributed by atoms with Gasteiger partial charge in [-0.1, -0.05) is 43.7 Å². The Balaban J connectivity index is 1.78. The van der Waals surface area contributed by atoms with Crippen molar-refractivity contribution in [2.45, 2.75) is 63.6 Å². The first kappa shape index (κ1) is 23.3. The van der Waals surface area contributed by atoms with Crippen LogP contribution in [0.1, 0.15) is 56.2 Å². The SMILES string of the molecule is CCC(Cc1c(C2CC2)nc2ccccc2c1-c1ccc(F)cc1)C(O)CC(O)CC(=O)O. The lowest BCUT2D eigenvalue weighted by Gasteiger charge is -2.26. The Labute approximate surface area is 192 Å². The van der Waals surface area contributed by atoms with Crippen LogP contribution in [0.2, 0.25) is 0 Å². The molecule has 2 aromatic carbocycles. The van der Waals surface area contributed by atoms with Crippen LogP contribution >= 0.6 is 0 Å². The predicted octanol–water partition coefficient (Wildman–Crippen LogP) is 5.07. The number of hydrogen-bond donors (Lipinski definition) is 3. The molecule has 1 fully saturated rings. The van der Waals surface area contributed by atoms with Crippen molar-refractivity contribution in [1.29, 1.82) is 0 Å². The second-order valence-corrected chi connectivity index (χ2v) is 9.08. The molecule has 6 heteroatoms. The van der Waals surface area contributed by atoms with Gasteiger partial charge in [0.25, 0.3) is 0 Å². The average molecular weight is 452 g/mol. The highest BCUT2D eigenvalue weighted by atomic mass is 19.1. The van der Waals surface area contributed by atoms with Crippen LogP contribution in [0, 0.1) is 11.7 Å². The summed E-state index contributed by atoms with van der Waals surface area (Å²) in [6, 6.07) is 14.4. The Kier molecular flexibility index (Phi) is 7.05. The Hall–Kier alpha value is -2.83. The van der Waals surface area contributed by atoms with Crippen molar-refractivity contribution >= 4 is 16.9 Å². The van der Waals surface area contributed by atoms with Gasteiger partial charge in [0, 0.05) is 23.4 Å². The molecule has 0 saturated heterocycles. The molecule has 0 amide bonds. The quantitative estimate of drug-likeness (QED) is 0.400. The van der Waals surface area contributed by atoms with Crippen molar-refractivity contribution in [3.05, 3.63) is 65.6 Å². The van der Waals surface area contributed by atoms with Crippen LogP contribution in [-0.4, -0.2) is 38.5 Å². The molecular weight excluding hydrogens is 421 g/mol. The number of pyridine rings is 1. The van der Waals surface area contributed by atoms with Crippen molar-refractivity contribution in [3.8, 4) is 11.1 Å². The second-order valence-electron chi connectivity index (χ2n) is 9.08. The van der Waals surface area contributed by atoms with Crippen LogP contribution in [0.3, 0.4) is 0 Å². The van der Waals surface area contributed by atoms with E-state index in [1.54, 1.807) is 12.1 Å². The van der Waals surface area contributed by atoms with Crippen LogP contribution in [0.25, 0.3) is 22.0 Å². The zero-order chi connectivity index (χ0) is 23.5. The number of aliphatic hydroxyl groups excluding tert-OH is 2. The fourth-order valence-corrected chi connectivity index (χ4v) is 4.69. The molecule has 0 spiro atoms.